The number of benzene rings is 2. The van der Waals surface area contributed by atoms with Gasteiger partial charge >= 0.3 is 0 Å². The third-order valence-electron chi connectivity index (χ3n) is 4.53. The zero-order valence-corrected chi connectivity index (χ0v) is 15.9. The van der Waals surface area contributed by atoms with Gasteiger partial charge in [-0.15, -0.1) is 0 Å². The number of carbonyl (C=O) groups excluding carboxylic acids is 2. The number of likely N-dealkylation sites (tertiary alicyclic amines) is 1. The molecule has 1 amide bonds. The second-order valence-electron chi connectivity index (χ2n) is 6.28. The van der Waals surface area contributed by atoms with Gasteiger partial charge in [0.15, 0.2) is 0 Å². The third-order valence-corrected chi connectivity index (χ3v) is 4.77. The van der Waals surface area contributed by atoms with Crippen LogP contribution in [-0.2, 0) is 9.59 Å². The van der Waals surface area contributed by atoms with E-state index in [1.165, 1.54) is 4.90 Å². The summed E-state index contributed by atoms with van der Waals surface area (Å²) >= 11 is 6.02. The van der Waals surface area contributed by atoms with Crippen LogP contribution in [0.4, 0.5) is 0 Å². The van der Waals surface area contributed by atoms with E-state index in [4.69, 9.17) is 16.3 Å². The Balaban J connectivity index is 2.17. The fourth-order valence-corrected chi connectivity index (χ4v) is 3.47. The van der Waals surface area contributed by atoms with Crippen molar-refractivity contribution < 1.29 is 19.4 Å². The van der Waals surface area contributed by atoms with Crippen molar-refractivity contribution in [3.63, 3.8) is 0 Å². The molecular formula is C21H20ClNO4. The zero-order chi connectivity index (χ0) is 19.6. The van der Waals surface area contributed by atoms with Crippen molar-refractivity contribution in [2.45, 2.75) is 19.4 Å². The number of hydrogen-bond acceptors (Lipinski definition) is 4. The predicted molar refractivity (Wildman–Crippen MR) is 104 cm³/mol. The minimum absolute atomic E-state index is 0.0703. The van der Waals surface area contributed by atoms with Crippen molar-refractivity contribution >= 4 is 29.1 Å². The molecule has 0 bridgehead atoms. The Hall–Kier alpha value is -2.79. The number of ketones is 1. The van der Waals surface area contributed by atoms with Crippen LogP contribution in [0.3, 0.4) is 0 Å². The van der Waals surface area contributed by atoms with Crippen molar-refractivity contribution in [2.75, 3.05) is 13.7 Å². The first-order chi connectivity index (χ1) is 13.0. The van der Waals surface area contributed by atoms with Crippen molar-refractivity contribution in [1.29, 1.82) is 0 Å². The van der Waals surface area contributed by atoms with Crippen LogP contribution in [-0.4, -0.2) is 35.4 Å². The van der Waals surface area contributed by atoms with Crippen LogP contribution >= 0.6 is 11.6 Å². The average molecular weight is 386 g/mol. The van der Waals surface area contributed by atoms with E-state index in [0.717, 1.165) is 5.56 Å². The molecule has 2 aromatic rings. The molecule has 1 aliphatic rings. The van der Waals surface area contributed by atoms with Crippen LogP contribution in [0.1, 0.15) is 30.5 Å². The van der Waals surface area contributed by atoms with Crippen molar-refractivity contribution in [3.8, 4) is 5.75 Å². The Bertz CT molecular complexity index is 905. The largest absolute Gasteiger partial charge is 0.507 e. The first-order valence-corrected chi connectivity index (χ1v) is 9.04. The average Bonchev–Trinajstić information content (AvgIpc) is 2.93. The van der Waals surface area contributed by atoms with Gasteiger partial charge in [0.05, 0.1) is 18.7 Å². The number of rotatable bonds is 5. The highest BCUT2D eigenvalue weighted by Crippen LogP contribution is 2.40. The molecule has 1 atom stereocenters. The summed E-state index contributed by atoms with van der Waals surface area (Å²) in [6.07, 6.45) is 0.691. The first kappa shape index (κ1) is 19.0. The normalized spacial score (nSPS) is 18.8. The minimum atomic E-state index is -0.693. The molecule has 1 N–H and O–H groups in total. The highest BCUT2D eigenvalue weighted by atomic mass is 35.5. The van der Waals surface area contributed by atoms with E-state index >= 15 is 0 Å². The number of hydrogen-bond donors (Lipinski definition) is 1. The molecule has 0 spiro atoms. The molecule has 5 nitrogen and oxygen atoms in total. The van der Waals surface area contributed by atoms with Crippen LogP contribution in [0, 0.1) is 0 Å². The van der Waals surface area contributed by atoms with Crippen LogP contribution in [0.5, 0.6) is 5.75 Å². The number of Topliss-reactive ketones (excluding diaryl/α,β-unsaturated/α-hetero) is 1. The van der Waals surface area contributed by atoms with E-state index in [0.29, 0.717) is 29.3 Å². The molecule has 3 rings (SSSR count). The molecule has 1 aliphatic heterocycles. The van der Waals surface area contributed by atoms with E-state index in [1.807, 2.05) is 6.92 Å². The Labute approximate surface area is 162 Å². The maximum absolute atomic E-state index is 12.7. The molecule has 0 aromatic heterocycles. The Kier molecular flexibility index (Phi) is 5.51. The maximum Gasteiger partial charge on any atom is 0.295 e. The molecule has 1 heterocycles. The van der Waals surface area contributed by atoms with Gasteiger partial charge in [-0.25, -0.2) is 0 Å². The quantitative estimate of drug-likeness (QED) is 0.476. The Morgan fingerprint density at radius 2 is 1.89 bits per heavy atom. The number of aliphatic hydroxyl groups excluding tert-OH is 1. The lowest BCUT2D eigenvalue weighted by Gasteiger charge is -2.25. The molecule has 0 radical (unpaired) electrons. The molecule has 2 aromatic carbocycles. The number of aliphatic hydroxyl groups is 1. The van der Waals surface area contributed by atoms with Gasteiger partial charge < -0.3 is 14.7 Å². The molecule has 1 fully saturated rings. The summed E-state index contributed by atoms with van der Waals surface area (Å²) in [7, 11) is 1.57. The van der Waals surface area contributed by atoms with Crippen LogP contribution in [0.15, 0.2) is 54.1 Å². The number of ether oxygens (including phenoxy) is 1. The van der Waals surface area contributed by atoms with E-state index in [1.54, 1.807) is 55.6 Å². The van der Waals surface area contributed by atoms with Crippen molar-refractivity contribution in [1.82, 2.24) is 4.90 Å². The zero-order valence-electron chi connectivity index (χ0n) is 15.1. The highest BCUT2D eigenvalue weighted by Gasteiger charge is 2.45. The molecule has 6 heteroatoms. The fourth-order valence-electron chi connectivity index (χ4n) is 3.28. The summed E-state index contributed by atoms with van der Waals surface area (Å²) in [5.74, 6) is -0.862. The van der Waals surface area contributed by atoms with Crippen molar-refractivity contribution in [3.05, 3.63) is 70.3 Å². The van der Waals surface area contributed by atoms with Crippen molar-refractivity contribution in [2.24, 2.45) is 0 Å². The molecule has 140 valence electrons. The van der Waals surface area contributed by atoms with Gasteiger partial charge in [0.2, 0.25) is 0 Å². The lowest BCUT2D eigenvalue weighted by Crippen LogP contribution is -2.30. The molecule has 27 heavy (non-hydrogen) atoms. The maximum atomic E-state index is 12.7. The lowest BCUT2D eigenvalue weighted by atomic mass is 9.95. The summed E-state index contributed by atoms with van der Waals surface area (Å²) in [5.41, 5.74) is 1.20. The summed E-state index contributed by atoms with van der Waals surface area (Å²) in [6.45, 7) is 2.34. The highest BCUT2D eigenvalue weighted by molar-refractivity contribution is 6.46. The molecule has 1 saturated heterocycles. The molecular weight excluding hydrogens is 366 g/mol. The van der Waals surface area contributed by atoms with Gasteiger partial charge in [-0.3, -0.25) is 9.59 Å². The molecule has 0 saturated carbocycles. The standard InChI is InChI=1S/C21H20ClNO4/c1-3-11-23-18(13-7-9-16(27-2)10-8-13)17(20(25)21(23)26)19(24)14-5-4-6-15(22)12-14/h4-10,12,18,24H,3,11H2,1-2H3/b19-17-. The molecule has 1 unspecified atom stereocenters. The predicted octanol–water partition coefficient (Wildman–Crippen LogP) is 4.18. The summed E-state index contributed by atoms with van der Waals surface area (Å²) in [4.78, 5) is 26.8. The summed E-state index contributed by atoms with van der Waals surface area (Å²) < 4.78 is 5.18. The smallest absolute Gasteiger partial charge is 0.295 e. The number of methoxy groups -OCH3 is 1. The number of halogens is 1. The third kappa shape index (κ3) is 3.55. The lowest BCUT2D eigenvalue weighted by molar-refractivity contribution is -0.139. The van der Waals surface area contributed by atoms with Gasteiger partial charge in [-0.2, -0.15) is 0 Å². The second-order valence-corrected chi connectivity index (χ2v) is 6.71. The minimum Gasteiger partial charge on any atom is -0.507 e. The Morgan fingerprint density at radius 1 is 1.19 bits per heavy atom. The van der Waals surface area contributed by atoms with Crippen LogP contribution < -0.4 is 4.74 Å². The monoisotopic (exact) mass is 385 g/mol. The number of nitrogens with zero attached hydrogens (tertiary/aromatic N) is 1. The Morgan fingerprint density at radius 3 is 2.48 bits per heavy atom. The van der Waals surface area contributed by atoms with Gasteiger partial charge in [0.1, 0.15) is 11.5 Å². The van der Waals surface area contributed by atoms with Gasteiger partial charge in [-0.05, 0) is 36.2 Å². The van der Waals surface area contributed by atoms with Crippen LogP contribution in [0.25, 0.3) is 5.76 Å². The SMILES string of the molecule is CCCN1C(=O)C(=O)/C(=C(\O)c2cccc(Cl)c2)C1c1ccc(OC)cc1. The number of amides is 1. The van der Waals surface area contributed by atoms with Gasteiger partial charge in [0, 0.05) is 17.1 Å². The first-order valence-electron chi connectivity index (χ1n) is 8.66. The topological polar surface area (TPSA) is 66.8 Å². The molecule has 0 aliphatic carbocycles. The summed E-state index contributed by atoms with van der Waals surface area (Å²) in [5, 5.41) is 11.3. The second kappa shape index (κ2) is 7.84. The fraction of sp³-hybridized carbons (Fsp3) is 0.238. The van der Waals surface area contributed by atoms with E-state index in [2.05, 4.69) is 0 Å². The number of carbonyl (C=O) groups is 2. The van der Waals surface area contributed by atoms with E-state index in [9.17, 15) is 14.7 Å². The van der Waals surface area contributed by atoms with Gasteiger partial charge in [0.25, 0.3) is 11.7 Å². The van der Waals surface area contributed by atoms with Gasteiger partial charge in [-0.1, -0.05) is 42.8 Å². The van der Waals surface area contributed by atoms with Crippen LogP contribution in [0.2, 0.25) is 5.02 Å². The van der Waals surface area contributed by atoms with E-state index < -0.39 is 17.7 Å². The summed E-state index contributed by atoms with van der Waals surface area (Å²) in [6, 6.07) is 13.0. The van der Waals surface area contributed by atoms with E-state index in [-0.39, 0.29) is 11.3 Å².